The maximum absolute atomic E-state index is 12.6. The van der Waals surface area contributed by atoms with Crippen molar-refractivity contribution in [2.75, 3.05) is 39.0 Å². The Bertz CT molecular complexity index is 753. The lowest BCUT2D eigenvalue weighted by Crippen LogP contribution is -2.51. The van der Waals surface area contributed by atoms with Crippen LogP contribution in [0.25, 0.3) is 0 Å². The van der Waals surface area contributed by atoms with E-state index >= 15 is 0 Å². The monoisotopic (exact) mass is 372 g/mol. The van der Waals surface area contributed by atoms with Gasteiger partial charge in [0.25, 0.3) is 5.91 Å². The number of sulfonamides is 1. The first kappa shape index (κ1) is 19.2. The first-order chi connectivity index (χ1) is 11.7. The van der Waals surface area contributed by atoms with Crippen LogP contribution in [0.2, 0.25) is 0 Å². The highest BCUT2D eigenvalue weighted by Crippen LogP contribution is 2.14. The van der Waals surface area contributed by atoms with Crippen molar-refractivity contribution in [2.45, 2.75) is 13.0 Å². The number of nitrogens with zero attached hydrogens (tertiary/aromatic N) is 4. The van der Waals surface area contributed by atoms with Crippen LogP contribution in [0, 0.1) is 6.92 Å². The highest BCUT2D eigenvalue weighted by molar-refractivity contribution is 7.88. The third kappa shape index (κ3) is 5.18. The predicted octanol–water partition coefficient (Wildman–Crippen LogP) is -1.03. The van der Waals surface area contributed by atoms with Gasteiger partial charge in [-0.05, 0) is 6.92 Å². The molecule has 1 amide bonds. The average Bonchev–Trinajstić information content (AvgIpc) is 2.53. The van der Waals surface area contributed by atoms with Crippen molar-refractivity contribution in [3.63, 3.8) is 0 Å². The Hall–Kier alpha value is -2.11. The lowest BCUT2D eigenvalue weighted by molar-refractivity contribution is -0.137. The highest BCUT2D eigenvalue weighted by Gasteiger charge is 2.30. The molecule has 1 aromatic rings. The Morgan fingerprint density at radius 2 is 2.20 bits per heavy atom. The Morgan fingerprint density at radius 1 is 1.48 bits per heavy atom. The molecular weight excluding hydrogens is 352 g/mol. The molecule has 1 aliphatic rings. The van der Waals surface area contributed by atoms with E-state index < -0.39 is 28.6 Å². The minimum Gasteiger partial charge on any atom is -0.480 e. The summed E-state index contributed by atoms with van der Waals surface area (Å²) in [7, 11) is -3.71. The molecule has 138 valence electrons. The molecule has 0 radical (unpaired) electrons. The standard InChI is InChI=1S/C14H20N4O6S/c1-10-12(5-15-9-16-10)14(21)17-3-4-24-11(6-17)7-18(8-13(19)20)25(2,22)23/h5,9,11H,3-4,6-8H2,1-2H3,(H,19,20). The van der Waals surface area contributed by atoms with Crippen LogP contribution < -0.4 is 0 Å². The lowest BCUT2D eigenvalue weighted by Gasteiger charge is -2.35. The number of aliphatic carboxylic acids is 1. The summed E-state index contributed by atoms with van der Waals surface area (Å²) in [5, 5.41) is 8.87. The predicted molar refractivity (Wildman–Crippen MR) is 86.5 cm³/mol. The van der Waals surface area contributed by atoms with E-state index in [0.29, 0.717) is 17.8 Å². The molecule has 1 N–H and O–H groups in total. The molecule has 11 heteroatoms. The summed E-state index contributed by atoms with van der Waals surface area (Å²) in [6.07, 6.45) is 3.11. The largest absolute Gasteiger partial charge is 0.480 e. The number of carbonyl (C=O) groups is 2. The summed E-state index contributed by atoms with van der Waals surface area (Å²) in [4.78, 5) is 32.8. The Balaban J connectivity index is 2.08. The van der Waals surface area contributed by atoms with Gasteiger partial charge in [0.2, 0.25) is 10.0 Å². The number of amides is 1. The van der Waals surface area contributed by atoms with Gasteiger partial charge in [0.05, 0.1) is 30.2 Å². The summed E-state index contributed by atoms with van der Waals surface area (Å²) >= 11 is 0. The number of aromatic nitrogens is 2. The summed E-state index contributed by atoms with van der Waals surface area (Å²) in [5.41, 5.74) is 0.917. The van der Waals surface area contributed by atoms with Gasteiger partial charge in [0, 0.05) is 25.8 Å². The van der Waals surface area contributed by atoms with Gasteiger partial charge in [0.1, 0.15) is 12.9 Å². The van der Waals surface area contributed by atoms with Crippen LogP contribution in [0.3, 0.4) is 0 Å². The summed E-state index contributed by atoms with van der Waals surface area (Å²) in [6.45, 7) is 1.64. The number of aryl methyl sites for hydroxylation is 1. The number of hydrogen-bond acceptors (Lipinski definition) is 7. The van der Waals surface area contributed by atoms with Gasteiger partial charge in [0.15, 0.2) is 0 Å². The Kier molecular flexibility index (Phi) is 6.03. The first-order valence-corrected chi connectivity index (χ1v) is 9.37. The fourth-order valence-electron chi connectivity index (χ4n) is 2.48. The number of hydrogen-bond donors (Lipinski definition) is 1. The van der Waals surface area contributed by atoms with E-state index in [0.717, 1.165) is 10.6 Å². The molecule has 1 atom stereocenters. The molecule has 2 rings (SSSR count). The van der Waals surface area contributed by atoms with Crippen LogP contribution >= 0.6 is 0 Å². The topological polar surface area (TPSA) is 130 Å². The number of carboxylic acids is 1. The van der Waals surface area contributed by atoms with Crippen LogP contribution in [0.15, 0.2) is 12.5 Å². The molecule has 0 aromatic carbocycles. The van der Waals surface area contributed by atoms with Crippen molar-refractivity contribution < 1.29 is 27.9 Å². The van der Waals surface area contributed by atoms with Crippen LogP contribution in [0.1, 0.15) is 16.1 Å². The molecule has 10 nitrogen and oxygen atoms in total. The number of ether oxygens (including phenoxy) is 1. The minimum absolute atomic E-state index is 0.140. The van der Waals surface area contributed by atoms with E-state index in [4.69, 9.17) is 9.84 Å². The van der Waals surface area contributed by atoms with E-state index in [1.807, 2.05) is 0 Å². The number of morpholine rings is 1. The molecule has 25 heavy (non-hydrogen) atoms. The Labute approximate surface area is 145 Å². The molecule has 1 unspecified atom stereocenters. The van der Waals surface area contributed by atoms with Gasteiger partial charge in [-0.3, -0.25) is 9.59 Å². The second-order valence-corrected chi connectivity index (χ2v) is 7.70. The zero-order valence-corrected chi connectivity index (χ0v) is 14.8. The molecule has 0 saturated carbocycles. The molecule has 1 aromatic heterocycles. The molecule has 1 aliphatic heterocycles. The summed E-state index contributed by atoms with van der Waals surface area (Å²) < 4.78 is 29.8. The van der Waals surface area contributed by atoms with Crippen molar-refractivity contribution in [3.05, 3.63) is 23.8 Å². The molecule has 0 spiro atoms. The van der Waals surface area contributed by atoms with Gasteiger partial charge in [-0.25, -0.2) is 18.4 Å². The SMILES string of the molecule is Cc1ncncc1C(=O)N1CCOC(CN(CC(=O)O)S(C)(=O)=O)C1. The second-order valence-electron chi connectivity index (χ2n) is 5.72. The molecular formula is C14H20N4O6S. The van der Waals surface area contributed by atoms with Gasteiger partial charge < -0.3 is 14.7 Å². The zero-order valence-electron chi connectivity index (χ0n) is 14.0. The van der Waals surface area contributed by atoms with E-state index in [1.54, 1.807) is 6.92 Å². The summed E-state index contributed by atoms with van der Waals surface area (Å²) in [6, 6.07) is 0. The van der Waals surface area contributed by atoms with Crippen molar-refractivity contribution in [2.24, 2.45) is 0 Å². The van der Waals surface area contributed by atoms with Gasteiger partial charge >= 0.3 is 5.97 Å². The van der Waals surface area contributed by atoms with E-state index in [1.165, 1.54) is 17.4 Å². The van der Waals surface area contributed by atoms with Crippen molar-refractivity contribution in [1.29, 1.82) is 0 Å². The van der Waals surface area contributed by atoms with Gasteiger partial charge in [-0.2, -0.15) is 4.31 Å². The maximum atomic E-state index is 12.6. The van der Waals surface area contributed by atoms with Crippen molar-refractivity contribution in [1.82, 2.24) is 19.2 Å². The normalized spacial score (nSPS) is 18.4. The molecule has 2 heterocycles. The first-order valence-electron chi connectivity index (χ1n) is 7.53. The smallest absolute Gasteiger partial charge is 0.318 e. The van der Waals surface area contributed by atoms with E-state index in [9.17, 15) is 18.0 Å². The highest BCUT2D eigenvalue weighted by atomic mass is 32.2. The number of carboxylic acid groups (broad SMARTS) is 1. The van der Waals surface area contributed by atoms with Crippen LogP contribution in [-0.4, -0.2) is 89.7 Å². The second kappa shape index (κ2) is 7.85. The number of carbonyl (C=O) groups excluding carboxylic acids is 1. The minimum atomic E-state index is -3.71. The molecule has 0 bridgehead atoms. The average molecular weight is 372 g/mol. The van der Waals surface area contributed by atoms with Crippen molar-refractivity contribution >= 4 is 21.9 Å². The van der Waals surface area contributed by atoms with Crippen LogP contribution in [0.4, 0.5) is 0 Å². The lowest BCUT2D eigenvalue weighted by atomic mass is 10.2. The molecule has 1 saturated heterocycles. The Morgan fingerprint density at radius 3 is 2.80 bits per heavy atom. The van der Waals surface area contributed by atoms with E-state index in [-0.39, 0.29) is 25.6 Å². The summed E-state index contributed by atoms with van der Waals surface area (Å²) in [5.74, 6) is -1.53. The van der Waals surface area contributed by atoms with E-state index in [2.05, 4.69) is 9.97 Å². The molecule has 0 aliphatic carbocycles. The fraction of sp³-hybridized carbons (Fsp3) is 0.571. The van der Waals surface area contributed by atoms with Crippen LogP contribution in [-0.2, 0) is 19.6 Å². The van der Waals surface area contributed by atoms with Crippen molar-refractivity contribution in [3.8, 4) is 0 Å². The van der Waals surface area contributed by atoms with Crippen LogP contribution in [0.5, 0.6) is 0 Å². The third-order valence-electron chi connectivity index (χ3n) is 3.76. The van der Waals surface area contributed by atoms with Gasteiger partial charge in [-0.15, -0.1) is 0 Å². The maximum Gasteiger partial charge on any atom is 0.318 e. The third-order valence-corrected chi connectivity index (χ3v) is 4.97. The fourth-order valence-corrected chi connectivity index (χ4v) is 3.26. The zero-order chi connectivity index (χ0) is 18.6. The van der Waals surface area contributed by atoms with Gasteiger partial charge in [-0.1, -0.05) is 0 Å². The quantitative estimate of drug-likeness (QED) is 0.671. The molecule has 1 fully saturated rings. The number of rotatable bonds is 6.